The van der Waals surface area contributed by atoms with Crippen LogP contribution in [-0.4, -0.2) is 45.9 Å². The molecule has 1 aromatic heterocycles. The normalized spacial score (nSPS) is 26.6. The van der Waals surface area contributed by atoms with Crippen molar-refractivity contribution in [2.24, 2.45) is 0 Å². The summed E-state index contributed by atoms with van der Waals surface area (Å²) >= 11 is 7.24. The molecule has 1 aromatic rings. The number of aromatic nitrogens is 2. The van der Waals surface area contributed by atoms with Gasteiger partial charge < -0.3 is 4.90 Å². The second-order valence-corrected chi connectivity index (χ2v) is 5.75. The Labute approximate surface area is 111 Å². The third kappa shape index (κ3) is 2.41. The van der Waals surface area contributed by atoms with Gasteiger partial charge in [0, 0.05) is 19.1 Å². The van der Waals surface area contributed by atoms with E-state index in [2.05, 4.69) is 18.5 Å². The van der Waals surface area contributed by atoms with Crippen molar-refractivity contribution >= 4 is 29.1 Å². The molecule has 1 unspecified atom stereocenters. The quantitative estimate of drug-likeness (QED) is 0.827. The predicted molar refractivity (Wildman–Crippen MR) is 71.0 cm³/mol. The molecule has 0 bridgehead atoms. The molecule has 4 nitrogen and oxygen atoms in total. The number of rotatable bonds is 2. The monoisotopic (exact) mass is 272 g/mol. The molecule has 0 aromatic carbocycles. The molecule has 17 heavy (non-hydrogen) atoms. The largest absolute Gasteiger partial charge is 0.352 e. The number of anilines is 1. The second kappa shape index (κ2) is 5.08. The van der Waals surface area contributed by atoms with Gasteiger partial charge in [-0.15, -0.1) is 0 Å². The van der Waals surface area contributed by atoms with Crippen molar-refractivity contribution < 1.29 is 0 Å². The van der Waals surface area contributed by atoms with Crippen LogP contribution in [0.2, 0.25) is 5.15 Å². The first kappa shape index (κ1) is 11.7. The Balaban J connectivity index is 1.63. The van der Waals surface area contributed by atoms with Crippen molar-refractivity contribution in [3.05, 3.63) is 5.15 Å². The summed E-state index contributed by atoms with van der Waals surface area (Å²) in [6.07, 6.45) is 5.34. The summed E-state index contributed by atoms with van der Waals surface area (Å²) < 4.78 is 8.32. The highest BCUT2D eigenvalue weighted by atomic mass is 35.5. The van der Waals surface area contributed by atoms with Crippen LogP contribution in [0.3, 0.4) is 0 Å². The Kier molecular flexibility index (Phi) is 3.49. The summed E-state index contributed by atoms with van der Waals surface area (Å²) in [5.74, 6) is 0.885. The molecule has 2 aliphatic heterocycles. The lowest BCUT2D eigenvalue weighted by Gasteiger charge is -2.32. The van der Waals surface area contributed by atoms with Crippen LogP contribution in [0.5, 0.6) is 0 Å². The lowest BCUT2D eigenvalue weighted by atomic mass is 10.1. The van der Waals surface area contributed by atoms with Crippen LogP contribution in [0.25, 0.3) is 0 Å². The van der Waals surface area contributed by atoms with Crippen molar-refractivity contribution in [3.8, 4) is 0 Å². The summed E-state index contributed by atoms with van der Waals surface area (Å²) in [5, 5.41) is 0.564. The van der Waals surface area contributed by atoms with E-state index in [1.54, 1.807) is 0 Å². The van der Waals surface area contributed by atoms with Gasteiger partial charge in [0.15, 0.2) is 11.0 Å². The highest BCUT2D eigenvalue weighted by Crippen LogP contribution is 2.28. The molecular formula is C11H17ClN4S. The Bertz CT molecular complexity index is 377. The molecule has 94 valence electrons. The fourth-order valence-electron chi connectivity index (χ4n) is 2.88. The van der Waals surface area contributed by atoms with Gasteiger partial charge in [-0.2, -0.15) is 8.75 Å². The summed E-state index contributed by atoms with van der Waals surface area (Å²) in [5.41, 5.74) is 0. The van der Waals surface area contributed by atoms with Gasteiger partial charge >= 0.3 is 0 Å². The second-order valence-electron chi connectivity index (χ2n) is 4.86. The maximum absolute atomic E-state index is 6.03. The molecule has 3 heterocycles. The summed E-state index contributed by atoms with van der Waals surface area (Å²) in [7, 11) is 0. The summed E-state index contributed by atoms with van der Waals surface area (Å²) in [6.45, 7) is 4.65. The molecule has 6 heteroatoms. The predicted octanol–water partition coefficient (Wildman–Crippen LogP) is 2.26. The molecule has 0 N–H and O–H groups in total. The van der Waals surface area contributed by atoms with Crippen molar-refractivity contribution in [2.45, 2.75) is 31.7 Å². The van der Waals surface area contributed by atoms with E-state index in [0.29, 0.717) is 11.2 Å². The van der Waals surface area contributed by atoms with Gasteiger partial charge in [0.05, 0.1) is 11.7 Å². The number of likely N-dealkylation sites (tertiary alicyclic amines) is 1. The molecule has 1 atom stereocenters. The molecule has 3 rings (SSSR count). The molecule has 0 radical (unpaired) electrons. The first-order chi connectivity index (χ1) is 8.34. The fourth-order valence-corrected chi connectivity index (χ4v) is 3.66. The third-order valence-electron chi connectivity index (χ3n) is 3.80. The molecule has 0 aliphatic carbocycles. The Morgan fingerprint density at radius 2 is 1.94 bits per heavy atom. The molecule has 0 saturated carbocycles. The zero-order valence-electron chi connectivity index (χ0n) is 9.81. The lowest BCUT2D eigenvalue weighted by Crippen LogP contribution is -2.40. The Hall–Kier alpha value is -0.390. The van der Waals surface area contributed by atoms with E-state index in [-0.39, 0.29) is 0 Å². The van der Waals surface area contributed by atoms with Gasteiger partial charge in [0.25, 0.3) is 0 Å². The number of hydrogen-bond acceptors (Lipinski definition) is 5. The van der Waals surface area contributed by atoms with E-state index in [0.717, 1.165) is 18.9 Å². The van der Waals surface area contributed by atoms with Gasteiger partial charge in [-0.05, 0) is 32.4 Å². The standard InChI is InChI=1S/C11H17ClN4S/c12-10-11(14-17-13-10)16-7-4-9(8-16)15-5-2-1-3-6-15/h9H,1-8H2. The van der Waals surface area contributed by atoms with Crippen molar-refractivity contribution in [2.75, 3.05) is 31.1 Å². The zero-order valence-corrected chi connectivity index (χ0v) is 11.4. The van der Waals surface area contributed by atoms with E-state index in [1.807, 2.05) is 0 Å². The van der Waals surface area contributed by atoms with Gasteiger partial charge in [-0.3, -0.25) is 4.90 Å². The minimum Gasteiger partial charge on any atom is -0.352 e. The van der Waals surface area contributed by atoms with Gasteiger partial charge in [0.1, 0.15) is 0 Å². The average Bonchev–Trinajstić information content (AvgIpc) is 2.98. The van der Waals surface area contributed by atoms with E-state index < -0.39 is 0 Å². The van der Waals surface area contributed by atoms with E-state index in [9.17, 15) is 0 Å². The highest BCUT2D eigenvalue weighted by Gasteiger charge is 2.30. The first-order valence-corrected chi connectivity index (χ1v) is 7.42. The van der Waals surface area contributed by atoms with Gasteiger partial charge in [-0.1, -0.05) is 18.0 Å². The smallest absolute Gasteiger partial charge is 0.187 e. The highest BCUT2D eigenvalue weighted by molar-refractivity contribution is 6.99. The van der Waals surface area contributed by atoms with Crippen LogP contribution in [0, 0.1) is 0 Å². The molecule has 2 aliphatic rings. The molecule has 0 amide bonds. The average molecular weight is 273 g/mol. The number of nitrogens with zero attached hydrogens (tertiary/aromatic N) is 4. The maximum atomic E-state index is 6.03. The molecule has 0 spiro atoms. The van der Waals surface area contributed by atoms with E-state index >= 15 is 0 Å². The first-order valence-electron chi connectivity index (χ1n) is 6.31. The molecule has 2 fully saturated rings. The number of hydrogen-bond donors (Lipinski definition) is 0. The summed E-state index contributed by atoms with van der Waals surface area (Å²) in [4.78, 5) is 4.92. The third-order valence-corrected chi connectivity index (χ3v) is 4.68. The van der Waals surface area contributed by atoms with Crippen molar-refractivity contribution in [1.82, 2.24) is 13.6 Å². The van der Waals surface area contributed by atoms with Crippen LogP contribution in [0.1, 0.15) is 25.7 Å². The van der Waals surface area contributed by atoms with E-state index in [4.69, 9.17) is 11.6 Å². The number of piperidine rings is 1. The number of halogens is 1. The minimum absolute atomic E-state index is 0.564. The van der Waals surface area contributed by atoms with Gasteiger partial charge in [0.2, 0.25) is 0 Å². The fraction of sp³-hybridized carbons (Fsp3) is 0.818. The maximum Gasteiger partial charge on any atom is 0.187 e. The Morgan fingerprint density at radius 1 is 1.12 bits per heavy atom. The van der Waals surface area contributed by atoms with Gasteiger partial charge in [-0.25, -0.2) is 0 Å². The lowest BCUT2D eigenvalue weighted by molar-refractivity contribution is 0.175. The van der Waals surface area contributed by atoms with Crippen molar-refractivity contribution in [1.29, 1.82) is 0 Å². The molecule has 2 saturated heterocycles. The van der Waals surface area contributed by atoms with Crippen molar-refractivity contribution in [3.63, 3.8) is 0 Å². The van der Waals surface area contributed by atoms with Crippen LogP contribution in [0.4, 0.5) is 5.82 Å². The van der Waals surface area contributed by atoms with Crippen LogP contribution in [-0.2, 0) is 0 Å². The SMILES string of the molecule is Clc1nsnc1N1CCC(N2CCCCC2)C1. The summed E-state index contributed by atoms with van der Waals surface area (Å²) in [6, 6.07) is 0.688. The topological polar surface area (TPSA) is 32.3 Å². The van der Waals surface area contributed by atoms with Crippen LogP contribution < -0.4 is 4.90 Å². The van der Waals surface area contributed by atoms with Crippen LogP contribution in [0.15, 0.2) is 0 Å². The Morgan fingerprint density at radius 3 is 2.65 bits per heavy atom. The van der Waals surface area contributed by atoms with E-state index in [1.165, 1.54) is 50.5 Å². The molecular weight excluding hydrogens is 256 g/mol. The zero-order chi connectivity index (χ0) is 11.7. The minimum atomic E-state index is 0.564. The van der Waals surface area contributed by atoms with Crippen LogP contribution >= 0.6 is 23.3 Å².